The summed E-state index contributed by atoms with van der Waals surface area (Å²) in [6, 6.07) is 0.447. The molecule has 0 aromatic carbocycles. The second-order valence-electron chi connectivity index (χ2n) is 3.43. The van der Waals surface area contributed by atoms with Crippen LogP contribution in [0.25, 0.3) is 0 Å². The molecule has 1 saturated heterocycles. The molecule has 0 saturated carbocycles. The zero-order chi connectivity index (χ0) is 10.4. The average Bonchev–Trinajstić information content (AvgIpc) is 2.26. The van der Waals surface area contributed by atoms with E-state index in [9.17, 15) is 0 Å². The number of hydrogen-bond acceptors (Lipinski definition) is 2. The first kappa shape index (κ1) is 11.1. The van der Waals surface area contributed by atoms with Crippen LogP contribution in [0.2, 0.25) is 0 Å². The van der Waals surface area contributed by atoms with Crippen LogP contribution in [-0.4, -0.2) is 30.6 Å². The third-order valence-electron chi connectivity index (χ3n) is 2.60. The third-order valence-corrected chi connectivity index (χ3v) is 2.60. The van der Waals surface area contributed by atoms with E-state index in [1.807, 2.05) is 6.20 Å². The maximum absolute atomic E-state index is 3.86. The van der Waals surface area contributed by atoms with Crippen LogP contribution in [0.5, 0.6) is 0 Å². The second kappa shape index (κ2) is 5.66. The molecule has 1 fully saturated rings. The largest absolute Gasteiger partial charge is 0.368 e. The maximum atomic E-state index is 3.86. The maximum Gasteiger partial charge on any atom is 0.0658 e. The van der Waals surface area contributed by atoms with Crippen molar-refractivity contribution >= 4 is 0 Å². The molecule has 1 heterocycles. The number of piperazine rings is 1. The van der Waals surface area contributed by atoms with Crippen LogP contribution in [0.4, 0.5) is 0 Å². The van der Waals surface area contributed by atoms with Gasteiger partial charge in [0.1, 0.15) is 0 Å². The van der Waals surface area contributed by atoms with Crippen molar-refractivity contribution in [3.8, 4) is 0 Å². The molecular weight excluding hydrogens is 172 g/mol. The summed E-state index contributed by atoms with van der Waals surface area (Å²) in [4.78, 5) is 2.30. The first-order valence-corrected chi connectivity index (χ1v) is 5.21. The van der Waals surface area contributed by atoms with Crippen molar-refractivity contribution in [1.29, 1.82) is 0 Å². The molecule has 0 bridgehead atoms. The molecule has 1 N–H and O–H groups in total. The van der Waals surface area contributed by atoms with E-state index in [1.54, 1.807) is 0 Å². The first-order chi connectivity index (χ1) is 6.83. The van der Waals surface area contributed by atoms with Crippen LogP contribution in [0, 0.1) is 0 Å². The highest BCUT2D eigenvalue weighted by atomic mass is 15.2. The summed E-state index contributed by atoms with van der Waals surface area (Å²) in [5, 5.41) is 3.41. The van der Waals surface area contributed by atoms with Gasteiger partial charge in [0.25, 0.3) is 0 Å². The fourth-order valence-electron chi connectivity index (χ4n) is 1.84. The molecule has 0 aromatic rings. The van der Waals surface area contributed by atoms with Gasteiger partial charge in [-0.05, 0) is 25.6 Å². The number of rotatable bonds is 3. The Labute approximate surface area is 87.0 Å². The van der Waals surface area contributed by atoms with Gasteiger partial charge in [-0.2, -0.15) is 0 Å². The molecule has 1 unspecified atom stereocenters. The Balaban J connectivity index is 2.75. The van der Waals surface area contributed by atoms with Crippen LogP contribution in [0.15, 0.2) is 36.6 Å². The van der Waals surface area contributed by atoms with Crippen molar-refractivity contribution in [2.75, 3.05) is 19.6 Å². The zero-order valence-corrected chi connectivity index (χ0v) is 9.16. The van der Waals surface area contributed by atoms with Crippen LogP contribution in [0.3, 0.4) is 0 Å². The molecule has 0 radical (unpaired) electrons. The highest BCUT2D eigenvalue weighted by Gasteiger charge is 2.20. The molecular formula is C12H20N2. The molecule has 78 valence electrons. The quantitative estimate of drug-likeness (QED) is 0.687. The minimum Gasteiger partial charge on any atom is -0.368 e. The molecule has 0 aliphatic carbocycles. The molecule has 1 atom stereocenters. The van der Waals surface area contributed by atoms with Crippen molar-refractivity contribution in [3.05, 3.63) is 36.6 Å². The van der Waals surface area contributed by atoms with E-state index in [1.165, 1.54) is 5.57 Å². The molecule has 0 spiro atoms. The van der Waals surface area contributed by atoms with E-state index in [0.717, 1.165) is 19.6 Å². The fraction of sp³-hybridized carbons (Fsp3) is 0.500. The highest BCUT2D eigenvalue weighted by Crippen LogP contribution is 2.14. The molecule has 0 aromatic heterocycles. The first-order valence-electron chi connectivity index (χ1n) is 5.21. The number of nitrogens with zero attached hydrogens (tertiary/aromatic N) is 1. The van der Waals surface area contributed by atoms with Gasteiger partial charge in [0.05, 0.1) is 6.04 Å². The van der Waals surface area contributed by atoms with Gasteiger partial charge in [-0.25, -0.2) is 0 Å². The summed E-state index contributed by atoms with van der Waals surface area (Å²) in [6.07, 6.45) is 8.38. The Morgan fingerprint density at radius 1 is 1.50 bits per heavy atom. The van der Waals surface area contributed by atoms with Crippen molar-refractivity contribution < 1.29 is 0 Å². The second-order valence-corrected chi connectivity index (χ2v) is 3.43. The van der Waals surface area contributed by atoms with Crippen LogP contribution in [0.1, 0.15) is 13.8 Å². The predicted molar refractivity (Wildman–Crippen MR) is 62.1 cm³/mol. The van der Waals surface area contributed by atoms with E-state index in [-0.39, 0.29) is 0 Å². The minimum atomic E-state index is 0.447. The monoisotopic (exact) mass is 192 g/mol. The summed E-state index contributed by atoms with van der Waals surface area (Å²) in [7, 11) is 0. The van der Waals surface area contributed by atoms with Crippen LogP contribution >= 0.6 is 0 Å². The summed E-state index contributed by atoms with van der Waals surface area (Å²) in [5.41, 5.74) is 1.36. The highest BCUT2D eigenvalue weighted by molar-refractivity contribution is 5.25. The van der Waals surface area contributed by atoms with Gasteiger partial charge >= 0.3 is 0 Å². The Morgan fingerprint density at radius 3 is 2.86 bits per heavy atom. The third kappa shape index (κ3) is 2.48. The van der Waals surface area contributed by atoms with E-state index < -0.39 is 0 Å². The summed E-state index contributed by atoms with van der Waals surface area (Å²) >= 11 is 0. The Hall–Kier alpha value is -1.02. The van der Waals surface area contributed by atoms with Gasteiger partial charge in [-0.15, -0.1) is 0 Å². The summed E-state index contributed by atoms with van der Waals surface area (Å²) < 4.78 is 0. The Morgan fingerprint density at radius 2 is 2.29 bits per heavy atom. The number of hydrogen-bond donors (Lipinski definition) is 1. The molecule has 2 nitrogen and oxygen atoms in total. The van der Waals surface area contributed by atoms with Gasteiger partial charge in [0.2, 0.25) is 0 Å². The lowest BCUT2D eigenvalue weighted by Crippen LogP contribution is -2.49. The molecule has 0 amide bonds. The molecule has 1 aliphatic heterocycles. The van der Waals surface area contributed by atoms with Gasteiger partial charge in [0.15, 0.2) is 0 Å². The van der Waals surface area contributed by atoms with Crippen molar-refractivity contribution in [3.63, 3.8) is 0 Å². The van der Waals surface area contributed by atoms with Crippen molar-refractivity contribution in [2.45, 2.75) is 19.9 Å². The minimum absolute atomic E-state index is 0.447. The summed E-state index contributed by atoms with van der Waals surface area (Å²) in [5.74, 6) is 0. The molecule has 2 heteroatoms. The van der Waals surface area contributed by atoms with E-state index in [2.05, 4.69) is 48.9 Å². The smallest absolute Gasteiger partial charge is 0.0658 e. The topological polar surface area (TPSA) is 15.3 Å². The zero-order valence-electron chi connectivity index (χ0n) is 9.16. The fourth-order valence-corrected chi connectivity index (χ4v) is 1.84. The number of allylic oxidation sites excluding steroid dienone is 2. The van der Waals surface area contributed by atoms with E-state index in [0.29, 0.717) is 6.04 Å². The lowest BCUT2D eigenvalue weighted by molar-refractivity contribution is 0.260. The van der Waals surface area contributed by atoms with Gasteiger partial charge in [-0.1, -0.05) is 24.8 Å². The summed E-state index contributed by atoms with van der Waals surface area (Å²) in [6.45, 7) is 11.1. The van der Waals surface area contributed by atoms with Gasteiger partial charge in [0, 0.05) is 19.6 Å². The standard InChI is InChI=1S/C12H20N2/c1-4-7-11(5-2)12-10-13-8-9-14(12)6-3/h4-7,12-13H,3,8-10H2,1-2H3/b7-4-,11-5+. The number of nitrogens with one attached hydrogen (secondary N) is 1. The van der Waals surface area contributed by atoms with E-state index in [4.69, 9.17) is 0 Å². The van der Waals surface area contributed by atoms with Gasteiger partial charge < -0.3 is 10.2 Å². The Kier molecular flexibility index (Phi) is 4.47. The van der Waals surface area contributed by atoms with Crippen LogP contribution < -0.4 is 5.32 Å². The van der Waals surface area contributed by atoms with Gasteiger partial charge in [-0.3, -0.25) is 0 Å². The normalized spacial score (nSPS) is 24.3. The lowest BCUT2D eigenvalue weighted by atomic mass is 10.0. The van der Waals surface area contributed by atoms with Crippen molar-refractivity contribution in [1.82, 2.24) is 10.2 Å². The predicted octanol–water partition coefficient (Wildman–Crippen LogP) is 1.93. The molecule has 14 heavy (non-hydrogen) atoms. The molecule has 1 aliphatic rings. The van der Waals surface area contributed by atoms with E-state index >= 15 is 0 Å². The molecule has 1 rings (SSSR count). The SMILES string of the molecule is C=CN1CCNCC1C(/C=C\C)=C/C. The van der Waals surface area contributed by atoms with Crippen LogP contribution in [-0.2, 0) is 0 Å². The average molecular weight is 192 g/mol. The lowest BCUT2D eigenvalue weighted by Gasteiger charge is -2.36. The Bertz CT molecular complexity index is 241. The van der Waals surface area contributed by atoms with Crippen molar-refractivity contribution in [2.24, 2.45) is 0 Å².